The van der Waals surface area contributed by atoms with Gasteiger partial charge in [-0.3, -0.25) is 0 Å². The van der Waals surface area contributed by atoms with Crippen molar-refractivity contribution in [3.63, 3.8) is 0 Å². The minimum atomic E-state index is 0.0726. The van der Waals surface area contributed by atoms with Crippen LogP contribution < -0.4 is 5.32 Å². The van der Waals surface area contributed by atoms with Crippen LogP contribution >= 0.6 is 11.3 Å². The second-order valence-electron chi connectivity index (χ2n) is 7.20. The molecular formula is C17H30N2OS. The maximum Gasteiger partial charge on any atom is 0.113 e. The van der Waals surface area contributed by atoms with E-state index in [1.807, 2.05) is 11.3 Å². The summed E-state index contributed by atoms with van der Waals surface area (Å²) in [5.41, 5.74) is 1.43. The van der Waals surface area contributed by atoms with Crippen molar-refractivity contribution in [2.75, 3.05) is 20.3 Å². The number of hydrogen-bond donors (Lipinski definition) is 1. The van der Waals surface area contributed by atoms with Crippen LogP contribution in [0.25, 0.3) is 0 Å². The summed E-state index contributed by atoms with van der Waals surface area (Å²) < 4.78 is 5.22. The second-order valence-corrected chi connectivity index (χ2v) is 8.06. The molecule has 1 aliphatic carbocycles. The van der Waals surface area contributed by atoms with Crippen molar-refractivity contribution in [2.45, 2.75) is 70.3 Å². The summed E-state index contributed by atoms with van der Waals surface area (Å²) in [4.78, 5) is 5.01. The fourth-order valence-corrected chi connectivity index (χ4v) is 4.31. The lowest BCUT2D eigenvalue weighted by Gasteiger charge is -2.32. The van der Waals surface area contributed by atoms with E-state index in [2.05, 4.69) is 31.5 Å². The SMILES string of the molecule is COCCNC1(c2nc(C(C)(C)C)cs2)CCCCCC1. The van der Waals surface area contributed by atoms with Gasteiger partial charge in [0.05, 0.1) is 17.8 Å². The van der Waals surface area contributed by atoms with E-state index in [1.165, 1.54) is 49.2 Å². The van der Waals surface area contributed by atoms with E-state index in [-0.39, 0.29) is 11.0 Å². The number of nitrogens with one attached hydrogen (secondary N) is 1. The molecule has 0 unspecified atom stereocenters. The Labute approximate surface area is 133 Å². The van der Waals surface area contributed by atoms with Crippen LogP contribution in [-0.2, 0) is 15.7 Å². The summed E-state index contributed by atoms with van der Waals surface area (Å²) in [5, 5.41) is 7.31. The first-order valence-electron chi connectivity index (χ1n) is 8.18. The van der Waals surface area contributed by atoms with Crippen molar-refractivity contribution < 1.29 is 4.74 Å². The van der Waals surface area contributed by atoms with Crippen LogP contribution in [0.4, 0.5) is 0 Å². The van der Waals surface area contributed by atoms with E-state index < -0.39 is 0 Å². The van der Waals surface area contributed by atoms with Crippen LogP contribution in [-0.4, -0.2) is 25.2 Å². The average Bonchev–Trinajstić information content (AvgIpc) is 2.82. The zero-order valence-electron chi connectivity index (χ0n) is 14.0. The largest absolute Gasteiger partial charge is 0.383 e. The van der Waals surface area contributed by atoms with E-state index >= 15 is 0 Å². The highest BCUT2D eigenvalue weighted by molar-refractivity contribution is 7.09. The minimum Gasteiger partial charge on any atom is -0.383 e. The molecule has 120 valence electrons. The summed E-state index contributed by atoms with van der Waals surface area (Å²) in [6.07, 6.45) is 7.70. The van der Waals surface area contributed by atoms with Gasteiger partial charge in [-0.15, -0.1) is 11.3 Å². The van der Waals surface area contributed by atoms with Crippen LogP contribution in [0.5, 0.6) is 0 Å². The van der Waals surface area contributed by atoms with Crippen LogP contribution in [0.2, 0.25) is 0 Å². The molecular weight excluding hydrogens is 280 g/mol. The molecule has 0 aliphatic heterocycles. The lowest BCUT2D eigenvalue weighted by molar-refractivity contribution is 0.177. The number of rotatable bonds is 5. The molecule has 0 amide bonds. The molecule has 0 saturated heterocycles. The molecule has 0 spiro atoms. The van der Waals surface area contributed by atoms with Gasteiger partial charge in [0.25, 0.3) is 0 Å². The predicted octanol–water partition coefficient (Wildman–Crippen LogP) is 4.23. The number of nitrogens with zero attached hydrogens (tertiary/aromatic N) is 1. The highest BCUT2D eigenvalue weighted by atomic mass is 32.1. The van der Waals surface area contributed by atoms with Gasteiger partial charge in [-0.1, -0.05) is 46.5 Å². The molecule has 1 heterocycles. The topological polar surface area (TPSA) is 34.1 Å². The van der Waals surface area contributed by atoms with Gasteiger partial charge in [-0.2, -0.15) is 0 Å². The van der Waals surface area contributed by atoms with Gasteiger partial charge >= 0.3 is 0 Å². The highest BCUT2D eigenvalue weighted by Gasteiger charge is 2.35. The summed E-state index contributed by atoms with van der Waals surface area (Å²) in [6.45, 7) is 8.39. The van der Waals surface area contributed by atoms with Gasteiger partial charge in [-0.25, -0.2) is 4.98 Å². The normalized spacial score (nSPS) is 19.4. The molecule has 1 aromatic heterocycles. The first-order chi connectivity index (χ1) is 9.98. The molecule has 0 atom stereocenters. The van der Waals surface area contributed by atoms with E-state index in [0.29, 0.717) is 0 Å². The first-order valence-corrected chi connectivity index (χ1v) is 9.06. The van der Waals surface area contributed by atoms with Crippen LogP contribution in [0.1, 0.15) is 70.0 Å². The Kier molecular flexibility index (Phi) is 5.81. The number of methoxy groups -OCH3 is 1. The average molecular weight is 311 g/mol. The quantitative estimate of drug-likeness (QED) is 0.653. The third-order valence-electron chi connectivity index (χ3n) is 4.41. The summed E-state index contributed by atoms with van der Waals surface area (Å²) in [6, 6.07) is 0. The monoisotopic (exact) mass is 310 g/mol. The Morgan fingerprint density at radius 1 is 1.24 bits per heavy atom. The molecule has 1 aliphatic rings. The lowest BCUT2D eigenvalue weighted by atomic mass is 9.89. The van der Waals surface area contributed by atoms with Crippen molar-refractivity contribution in [1.29, 1.82) is 0 Å². The molecule has 3 nitrogen and oxygen atoms in total. The standard InChI is InChI=1S/C17H30N2OS/c1-16(2,3)14-13-21-15(19-14)17(18-11-12-20-4)9-7-5-6-8-10-17/h13,18H,5-12H2,1-4H3. The van der Waals surface area contributed by atoms with Gasteiger partial charge in [0.1, 0.15) is 5.01 Å². The van der Waals surface area contributed by atoms with E-state index in [1.54, 1.807) is 7.11 Å². The number of thiazole rings is 1. The fraction of sp³-hybridized carbons (Fsp3) is 0.824. The molecule has 4 heteroatoms. The summed E-state index contributed by atoms with van der Waals surface area (Å²) >= 11 is 1.83. The molecule has 1 aromatic rings. The zero-order chi connectivity index (χ0) is 15.3. The van der Waals surface area contributed by atoms with E-state index in [9.17, 15) is 0 Å². The summed E-state index contributed by atoms with van der Waals surface area (Å²) in [5.74, 6) is 0. The van der Waals surface area contributed by atoms with E-state index in [4.69, 9.17) is 9.72 Å². The molecule has 21 heavy (non-hydrogen) atoms. The number of ether oxygens (including phenoxy) is 1. The number of hydrogen-bond acceptors (Lipinski definition) is 4. The molecule has 1 N–H and O–H groups in total. The Morgan fingerprint density at radius 2 is 1.90 bits per heavy atom. The lowest BCUT2D eigenvalue weighted by Crippen LogP contribution is -2.43. The predicted molar refractivity (Wildman–Crippen MR) is 90.1 cm³/mol. The van der Waals surface area contributed by atoms with E-state index in [0.717, 1.165) is 13.2 Å². The van der Waals surface area contributed by atoms with Crippen molar-refractivity contribution in [2.24, 2.45) is 0 Å². The van der Waals surface area contributed by atoms with Crippen molar-refractivity contribution in [3.05, 3.63) is 16.1 Å². The minimum absolute atomic E-state index is 0.0726. The Morgan fingerprint density at radius 3 is 2.43 bits per heavy atom. The Hall–Kier alpha value is -0.450. The van der Waals surface area contributed by atoms with Gasteiger partial charge in [0.2, 0.25) is 0 Å². The zero-order valence-corrected chi connectivity index (χ0v) is 14.8. The van der Waals surface area contributed by atoms with Crippen molar-refractivity contribution in [3.8, 4) is 0 Å². The molecule has 2 rings (SSSR count). The van der Waals surface area contributed by atoms with Gasteiger partial charge < -0.3 is 10.1 Å². The number of aromatic nitrogens is 1. The van der Waals surface area contributed by atoms with Gasteiger partial charge in [-0.05, 0) is 12.8 Å². The van der Waals surface area contributed by atoms with Crippen LogP contribution in [0, 0.1) is 0 Å². The maximum absolute atomic E-state index is 5.22. The first kappa shape index (κ1) is 16.9. The highest BCUT2D eigenvalue weighted by Crippen LogP contribution is 2.38. The third-order valence-corrected chi connectivity index (χ3v) is 5.46. The van der Waals surface area contributed by atoms with Crippen molar-refractivity contribution >= 4 is 11.3 Å². The molecule has 1 saturated carbocycles. The molecule has 0 radical (unpaired) electrons. The second kappa shape index (κ2) is 7.21. The molecule has 0 aromatic carbocycles. The van der Waals surface area contributed by atoms with Crippen LogP contribution in [0.15, 0.2) is 5.38 Å². The molecule has 1 fully saturated rings. The summed E-state index contributed by atoms with van der Waals surface area (Å²) in [7, 11) is 1.77. The smallest absolute Gasteiger partial charge is 0.113 e. The maximum atomic E-state index is 5.22. The molecule has 0 bridgehead atoms. The van der Waals surface area contributed by atoms with Crippen LogP contribution in [0.3, 0.4) is 0 Å². The Bertz CT molecular complexity index is 428. The Balaban J connectivity index is 2.23. The van der Waals surface area contributed by atoms with Crippen molar-refractivity contribution in [1.82, 2.24) is 10.3 Å². The van der Waals surface area contributed by atoms with Gasteiger partial charge in [0, 0.05) is 24.4 Å². The third kappa shape index (κ3) is 4.27. The van der Waals surface area contributed by atoms with Gasteiger partial charge in [0.15, 0.2) is 0 Å². The fourth-order valence-electron chi connectivity index (χ4n) is 3.03.